The van der Waals surface area contributed by atoms with Crippen LogP contribution >= 0.6 is 0 Å². The van der Waals surface area contributed by atoms with Crippen LogP contribution in [0.1, 0.15) is 33.6 Å². The lowest BCUT2D eigenvalue weighted by Gasteiger charge is -2.64. The first kappa shape index (κ1) is 14.2. The van der Waals surface area contributed by atoms with Crippen molar-refractivity contribution in [3.8, 4) is 0 Å². The third-order valence-electron chi connectivity index (χ3n) is 6.34. The highest BCUT2D eigenvalue weighted by Gasteiger charge is 2.68. The number of benzene rings is 1. The Labute approximate surface area is 130 Å². The minimum atomic E-state index is -0.633. The number of rotatable bonds is 2. The molecule has 6 heteroatoms. The maximum atomic E-state index is 11.2. The number of para-hydroxylation sites is 1. The predicted molar refractivity (Wildman–Crippen MR) is 82.8 cm³/mol. The minimum Gasteiger partial charge on any atom is -0.401 e. The molecule has 0 amide bonds. The molecule has 2 bridgehead atoms. The number of nitro groups is 1. The molecule has 0 radical (unpaired) electrons. The van der Waals surface area contributed by atoms with E-state index in [4.69, 9.17) is 9.31 Å². The van der Waals surface area contributed by atoms with Gasteiger partial charge in [0.25, 0.3) is 5.69 Å². The molecule has 1 aromatic carbocycles. The van der Waals surface area contributed by atoms with Gasteiger partial charge in [-0.15, -0.1) is 0 Å². The molecule has 1 heterocycles. The summed E-state index contributed by atoms with van der Waals surface area (Å²) in [6.45, 7) is 6.72. The lowest BCUT2D eigenvalue weighted by atomic mass is 9.43. The van der Waals surface area contributed by atoms with Crippen LogP contribution in [-0.4, -0.2) is 23.7 Å². The molecule has 0 aromatic heterocycles. The van der Waals surface area contributed by atoms with Crippen LogP contribution in [0, 0.1) is 27.4 Å². The molecule has 0 spiro atoms. The standard InChI is InChI=1S/C16H20BNO4/c1-15(2)10-8-13(15)16(3)14(9-10)21-17(22-16)11-6-4-5-7-12(11)18(19)20/h4-7,10,13-14H,8-9H2,1-3H3/t10-,13-,14+,16-/m0/s1. The third-order valence-corrected chi connectivity index (χ3v) is 6.34. The van der Waals surface area contributed by atoms with Gasteiger partial charge in [0.15, 0.2) is 0 Å². The molecule has 1 aliphatic heterocycles. The molecular weight excluding hydrogens is 281 g/mol. The van der Waals surface area contributed by atoms with E-state index in [-0.39, 0.29) is 27.7 Å². The molecule has 22 heavy (non-hydrogen) atoms. The van der Waals surface area contributed by atoms with Crippen molar-refractivity contribution < 1.29 is 14.2 Å². The van der Waals surface area contributed by atoms with Crippen molar-refractivity contribution in [3.63, 3.8) is 0 Å². The summed E-state index contributed by atoms with van der Waals surface area (Å²) in [5.41, 5.74) is 0.526. The molecular formula is C16H20BNO4. The average Bonchev–Trinajstić information content (AvgIpc) is 2.83. The topological polar surface area (TPSA) is 61.6 Å². The van der Waals surface area contributed by atoms with Crippen LogP contribution in [0.5, 0.6) is 0 Å². The van der Waals surface area contributed by atoms with Crippen LogP contribution in [0.4, 0.5) is 5.69 Å². The first-order valence-corrected chi connectivity index (χ1v) is 7.90. The lowest BCUT2D eigenvalue weighted by Crippen LogP contribution is -2.65. The van der Waals surface area contributed by atoms with Crippen molar-refractivity contribution in [2.24, 2.45) is 17.3 Å². The number of nitro benzene ring substituents is 1. The maximum absolute atomic E-state index is 11.2. The summed E-state index contributed by atoms with van der Waals surface area (Å²) in [5, 5.41) is 11.2. The van der Waals surface area contributed by atoms with Crippen molar-refractivity contribution in [1.82, 2.24) is 0 Å². The fraction of sp³-hybridized carbons (Fsp3) is 0.625. The SMILES string of the molecule is CC1(C)[C@@H]2C[C@H]3OB(c4ccccc4[N+](=O)[O-])O[C@@]3(C)[C@H]1C2. The number of nitrogens with zero attached hydrogens (tertiary/aromatic N) is 1. The van der Waals surface area contributed by atoms with Crippen molar-refractivity contribution in [2.45, 2.75) is 45.3 Å². The molecule has 5 nitrogen and oxygen atoms in total. The Morgan fingerprint density at radius 3 is 2.68 bits per heavy atom. The molecule has 4 atom stereocenters. The molecule has 116 valence electrons. The summed E-state index contributed by atoms with van der Waals surface area (Å²) in [6.07, 6.45) is 2.19. The van der Waals surface area contributed by atoms with Crippen molar-refractivity contribution in [3.05, 3.63) is 34.4 Å². The summed E-state index contributed by atoms with van der Waals surface area (Å²) in [7, 11) is -0.633. The van der Waals surface area contributed by atoms with Crippen LogP contribution in [0.15, 0.2) is 24.3 Å². The first-order chi connectivity index (χ1) is 10.3. The highest BCUT2D eigenvalue weighted by molar-refractivity contribution is 6.63. The highest BCUT2D eigenvalue weighted by atomic mass is 16.7. The predicted octanol–water partition coefficient (Wildman–Crippen LogP) is 2.53. The van der Waals surface area contributed by atoms with Crippen LogP contribution < -0.4 is 5.46 Å². The smallest absolute Gasteiger partial charge is 0.401 e. The van der Waals surface area contributed by atoms with Crippen LogP contribution in [-0.2, 0) is 9.31 Å². The lowest BCUT2D eigenvalue weighted by molar-refractivity contribution is -0.383. The van der Waals surface area contributed by atoms with Gasteiger partial charge >= 0.3 is 7.12 Å². The van der Waals surface area contributed by atoms with Gasteiger partial charge in [0.1, 0.15) is 0 Å². The molecule has 0 unspecified atom stereocenters. The van der Waals surface area contributed by atoms with E-state index in [1.165, 1.54) is 12.5 Å². The zero-order valence-electron chi connectivity index (χ0n) is 13.1. The van der Waals surface area contributed by atoms with E-state index in [0.717, 1.165) is 6.42 Å². The van der Waals surface area contributed by atoms with E-state index < -0.39 is 7.12 Å². The zero-order valence-corrected chi connectivity index (χ0v) is 13.1. The fourth-order valence-electron chi connectivity index (χ4n) is 4.85. The second-order valence-corrected chi connectivity index (χ2v) is 7.62. The highest BCUT2D eigenvalue weighted by Crippen LogP contribution is 2.65. The van der Waals surface area contributed by atoms with Crippen molar-refractivity contribution in [2.75, 3.05) is 0 Å². The van der Waals surface area contributed by atoms with E-state index in [0.29, 0.717) is 17.3 Å². The molecule has 0 N–H and O–H groups in total. The Bertz CT molecular complexity index is 649. The van der Waals surface area contributed by atoms with Crippen LogP contribution in [0.2, 0.25) is 0 Å². The average molecular weight is 301 g/mol. The monoisotopic (exact) mass is 301 g/mol. The van der Waals surface area contributed by atoms with Crippen LogP contribution in [0.3, 0.4) is 0 Å². The summed E-state index contributed by atoms with van der Waals surface area (Å²) >= 11 is 0. The summed E-state index contributed by atoms with van der Waals surface area (Å²) < 4.78 is 12.4. The summed E-state index contributed by atoms with van der Waals surface area (Å²) in [5.74, 6) is 1.13. The molecule has 1 aromatic rings. The summed E-state index contributed by atoms with van der Waals surface area (Å²) in [6, 6.07) is 6.71. The van der Waals surface area contributed by atoms with Crippen molar-refractivity contribution >= 4 is 18.3 Å². The molecule has 3 aliphatic carbocycles. The van der Waals surface area contributed by atoms with Gasteiger partial charge in [-0.05, 0) is 37.0 Å². The Morgan fingerprint density at radius 2 is 2.00 bits per heavy atom. The van der Waals surface area contributed by atoms with Gasteiger partial charge in [-0.1, -0.05) is 32.0 Å². The van der Waals surface area contributed by atoms with E-state index in [1.54, 1.807) is 18.2 Å². The maximum Gasteiger partial charge on any atom is 0.501 e. The van der Waals surface area contributed by atoms with Gasteiger partial charge in [-0.25, -0.2) is 0 Å². The Hall–Kier alpha value is -1.40. The van der Waals surface area contributed by atoms with E-state index in [2.05, 4.69) is 20.8 Å². The van der Waals surface area contributed by atoms with E-state index in [9.17, 15) is 10.1 Å². The molecule has 3 saturated carbocycles. The van der Waals surface area contributed by atoms with Gasteiger partial charge in [-0.3, -0.25) is 10.1 Å². The third kappa shape index (κ3) is 1.68. The fourth-order valence-corrected chi connectivity index (χ4v) is 4.85. The van der Waals surface area contributed by atoms with E-state index >= 15 is 0 Å². The van der Waals surface area contributed by atoms with Gasteiger partial charge in [0.2, 0.25) is 0 Å². The molecule has 1 saturated heterocycles. The molecule has 4 fully saturated rings. The second kappa shape index (κ2) is 4.33. The second-order valence-electron chi connectivity index (χ2n) is 7.62. The van der Waals surface area contributed by atoms with Gasteiger partial charge in [0.05, 0.1) is 22.1 Å². The Balaban J connectivity index is 1.68. The molecule has 4 aliphatic rings. The first-order valence-electron chi connectivity index (χ1n) is 7.90. The van der Waals surface area contributed by atoms with Gasteiger partial charge < -0.3 is 9.31 Å². The Morgan fingerprint density at radius 1 is 1.27 bits per heavy atom. The largest absolute Gasteiger partial charge is 0.501 e. The van der Waals surface area contributed by atoms with Gasteiger partial charge in [-0.2, -0.15) is 0 Å². The Kier molecular flexibility index (Phi) is 2.80. The van der Waals surface area contributed by atoms with E-state index in [1.807, 2.05) is 0 Å². The summed E-state index contributed by atoms with van der Waals surface area (Å²) in [4.78, 5) is 10.9. The number of hydrogen-bond donors (Lipinski definition) is 0. The minimum absolute atomic E-state index is 0.0362. The zero-order chi connectivity index (χ0) is 15.7. The van der Waals surface area contributed by atoms with Crippen LogP contribution in [0.25, 0.3) is 0 Å². The van der Waals surface area contributed by atoms with Gasteiger partial charge in [0, 0.05) is 6.07 Å². The number of hydrogen-bond acceptors (Lipinski definition) is 4. The van der Waals surface area contributed by atoms with Crippen molar-refractivity contribution in [1.29, 1.82) is 0 Å². The quantitative estimate of drug-likeness (QED) is 0.478. The normalized spacial score (nSPS) is 38.3. The molecule has 5 rings (SSSR count).